The summed E-state index contributed by atoms with van der Waals surface area (Å²) in [6.45, 7) is 1.89. The molecule has 0 spiro atoms. The molecular formula is C24H18N6O2S. The molecular weight excluding hydrogens is 436 g/mol. The largest absolute Gasteiger partial charge is 0.322 e. The number of amides is 2. The van der Waals surface area contributed by atoms with Gasteiger partial charge in [-0.2, -0.15) is 5.10 Å². The fourth-order valence-corrected chi connectivity index (χ4v) is 4.17. The summed E-state index contributed by atoms with van der Waals surface area (Å²) in [6, 6.07) is 16.1. The van der Waals surface area contributed by atoms with Crippen LogP contribution in [0, 0.1) is 6.92 Å². The minimum atomic E-state index is -0.258. The van der Waals surface area contributed by atoms with Gasteiger partial charge < -0.3 is 10.6 Å². The number of hydrogen-bond donors (Lipinski definition) is 2. The second kappa shape index (κ2) is 8.64. The van der Waals surface area contributed by atoms with Crippen molar-refractivity contribution in [1.29, 1.82) is 0 Å². The summed E-state index contributed by atoms with van der Waals surface area (Å²) < 4.78 is 1.69. The second-order valence-corrected chi connectivity index (χ2v) is 8.33. The number of nitrogens with one attached hydrogen (secondary N) is 2. The zero-order valence-corrected chi connectivity index (χ0v) is 18.3. The minimum Gasteiger partial charge on any atom is -0.322 e. The van der Waals surface area contributed by atoms with E-state index in [0.29, 0.717) is 32.2 Å². The first-order valence-corrected chi connectivity index (χ1v) is 10.9. The molecule has 0 saturated carbocycles. The fourth-order valence-electron chi connectivity index (χ4n) is 3.32. The van der Waals surface area contributed by atoms with E-state index in [-0.39, 0.29) is 11.8 Å². The lowest BCUT2D eigenvalue weighted by Gasteiger charge is -2.12. The Bertz CT molecular complexity index is 1440. The molecule has 2 amide bonds. The molecule has 3 heterocycles. The van der Waals surface area contributed by atoms with E-state index in [1.807, 2.05) is 31.3 Å². The predicted octanol–water partition coefficient (Wildman–Crippen LogP) is 4.69. The quantitative estimate of drug-likeness (QED) is 0.401. The Balaban J connectivity index is 1.34. The van der Waals surface area contributed by atoms with Gasteiger partial charge in [-0.3, -0.25) is 14.6 Å². The van der Waals surface area contributed by atoms with Gasteiger partial charge in [-0.15, -0.1) is 11.3 Å². The van der Waals surface area contributed by atoms with E-state index in [0.717, 1.165) is 11.3 Å². The second-order valence-electron chi connectivity index (χ2n) is 7.30. The zero-order chi connectivity index (χ0) is 22.8. The molecule has 3 aromatic heterocycles. The number of carbonyl (C=O) groups excluding carboxylic acids is 2. The third-order valence-electron chi connectivity index (χ3n) is 5.01. The van der Waals surface area contributed by atoms with Crippen LogP contribution >= 0.6 is 11.3 Å². The van der Waals surface area contributed by atoms with Crippen LogP contribution in [0.15, 0.2) is 79.4 Å². The number of aryl methyl sites for hydroxylation is 1. The fraction of sp³-hybridized carbons (Fsp3) is 0.0417. The van der Waals surface area contributed by atoms with Crippen LogP contribution in [0.25, 0.3) is 16.0 Å². The van der Waals surface area contributed by atoms with E-state index in [1.165, 1.54) is 11.3 Å². The maximum atomic E-state index is 12.8. The molecule has 0 aliphatic rings. The van der Waals surface area contributed by atoms with Crippen molar-refractivity contribution in [2.45, 2.75) is 6.92 Å². The van der Waals surface area contributed by atoms with Crippen molar-refractivity contribution >= 4 is 44.9 Å². The Morgan fingerprint density at radius 1 is 0.909 bits per heavy atom. The first-order chi connectivity index (χ1) is 16.1. The molecule has 0 radical (unpaired) electrons. The molecule has 0 fully saturated rings. The van der Waals surface area contributed by atoms with Crippen molar-refractivity contribution < 1.29 is 9.59 Å². The normalized spacial score (nSPS) is 10.8. The van der Waals surface area contributed by atoms with Crippen molar-refractivity contribution in [2.75, 3.05) is 10.6 Å². The van der Waals surface area contributed by atoms with Crippen molar-refractivity contribution in [1.82, 2.24) is 19.7 Å². The molecule has 0 aliphatic carbocycles. The van der Waals surface area contributed by atoms with Crippen molar-refractivity contribution in [3.8, 4) is 5.69 Å². The van der Waals surface area contributed by atoms with Crippen LogP contribution in [0.3, 0.4) is 0 Å². The third kappa shape index (κ3) is 4.35. The summed E-state index contributed by atoms with van der Waals surface area (Å²) >= 11 is 1.28. The highest BCUT2D eigenvalue weighted by Gasteiger charge is 2.14. The standard InChI is InChI=1S/C24H18N6O2S/c1-15-6-7-17(28-22(31)16-4-2-5-18(12-16)30-11-3-8-27-30)13-19(15)29-23(32)21-14-20-24(33-21)26-10-9-25-20/h2-14H,1H3,(H,28,31)(H,29,32). The summed E-state index contributed by atoms with van der Waals surface area (Å²) in [5, 5.41) is 10.0. The summed E-state index contributed by atoms with van der Waals surface area (Å²) in [6.07, 6.45) is 6.69. The molecule has 0 bridgehead atoms. The number of rotatable bonds is 5. The van der Waals surface area contributed by atoms with Crippen LogP contribution < -0.4 is 10.6 Å². The summed E-state index contributed by atoms with van der Waals surface area (Å²) in [5.41, 5.74) is 4.03. The summed E-state index contributed by atoms with van der Waals surface area (Å²) in [5.74, 6) is -0.509. The van der Waals surface area contributed by atoms with Crippen LogP contribution in [-0.4, -0.2) is 31.6 Å². The number of hydrogen-bond acceptors (Lipinski definition) is 6. The molecule has 0 saturated heterocycles. The molecule has 2 aromatic carbocycles. The van der Waals surface area contributed by atoms with Gasteiger partial charge in [-0.05, 0) is 55.0 Å². The average Bonchev–Trinajstić information content (AvgIpc) is 3.51. The van der Waals surface area contributed by atoms with E-state index >= 15 is 0 Å². The number of carbonyl (C=O) groups is 2. The summed E-state index contributed by atoms with van der Waals surface area (Å²) in [7, 11) is 0. The van der Waals surface area contributed by atoms with Crippen LogP contribution in [0.5, 0.6) is 0 Å². The molecule has 162 valence electrons. The maximum absolute atomic E-state index is 12.8. The molecule has 0 aliphatic heterocycles. The monoisotopic (exact) mass is 454 g/mol. The highest BCUT2D eigenvalue weighted by molar-refractivity contribution is 7.20. The average molecular weight is 455 g/mol. The zero-order valence-electron chi connectivity index (χ0n) is 17.5. The summed E-state index contributed by atoms with van der Waals surface area (Å²) in [4.78, 5) is 35.3. The molecule has 0 unspecified atom stereocenters. The SMILES string of the molecule is Cc1ccc(NC(=O)c2cccc(-n3cccn3)c2)cc1NC(=O)c1cc2nccnc2s1. The van der Waals surface area contributed by atoms with Gasteiger partial charge in [-0.1, -0.05) is 12.1 Å². The maximum Gasteiger partial charge on any atom is 0.265 e. The van der Waals surface area contributed by atoms with E-state index in [4.69, 9.17) is 0 Å². The molecule has 0 atom stereocenters. The van der Waals surface area contributed by atoms with Crippen LogP contribution in [0.1, 0.15) is 25.6 Å². The van der Waals surface area contributed by atoms with Gasteiger partial charge in [0, 0.05) is 41.7 Å². The first kappa shape index (κ1) is 20.5. The highest BCUT2D eigenvalue weighted by Crippen LogP contribution is 2.25. The van der Waals surface area contributed by atoms with Gasteiger partial charge in [-0.25, -0.2) is 9.67 Å². The smallest absolute Gasteiger partial charge is 0.265 e. The van der Waals surface area contributed by atoms with Gasteiger partial charge >= 0.3 is 0 Å². The molecule has 5 aromatic rings. The molecule has 2 N–H and O–H groups in total. The molecule has 5 rings (SSSR count). The first-order valence-electron chi connectivity index (χ1n) is 10.1. The van der Waals surface area contributed by atoms with E-state index in [1.54, 1.807) is 59.7 Å². The van der Waals surface area contributed by atoms with Gasteiger partial charge in [0.1, 0.15) is 10.3 Å². The number of anilines is 2. The van der Waals surface area contributed by atoms with Gasteiger partial charge in [0.05, 0.1) is 10.6 Å². The number of nitrogens with zero attached hydrogens (tertiary/aromatic N) is 4. The Kier molecular flexibility index (Phi) is 5.37. The molecule has 9 heteroatoms. The van der Waals surface area contributed by atoms with E-state index in [9.17, 15) is 9.59 Å². The molecule has 33 heavy (non-hydrogen) atoms. The minimum absolute atomic E-state index is 0.252. The van der Waals surface area contributed by atoms with Crippen LogP contribution in [0.4, 0.5) is 11.4 Å². The number of thiophene rings is 1. The van der Waals surface area contributed by atoms with Crippen molar-refractivity contribution in [3.05, 3.63) is 95.4 Å². The number of benzene rings is 2. The number of fused-ring (bicyclic) bond motifs is 1. The van der Waals surface area contributed by atoms with E-state index in [2.05, 4.69) is 25.7 Å². The number of aromatic nitrogens is 4. The van der Waals surface area contributed by atoms with E-state index < -0.39 is 0 Å². The lowest BCUT2D eigenvalue weighted by atomic mass is 10.1. The van der Waals surface area contributed by atoms with Gasteiger partial charge in [0.25, 0.3) is 11.8 Å². The van der Waals surface area contributed by atoms with Crippen molar-refractivity contribution in [3.63, 3.8) is 0 Å². The lowest BCUT2D eigenvalue weighted by molar-refractivity contribution is 0.102. The van der Waals surface area contributed by atoms with Gasteiger partial charge in [0.2, 0.25) is 0 Å². The third-order valence-corrected chi connectivity index (χ3v) is 6.04. The lowest BCUT2D eigenvalue weighted by Crippen LogP contribution is -2.14. The van der Waals surface area contributed by atoms with Gasteiger partial charge in [0.15, 0.2) is 0 Å². The van der Waals surface area contributed by atoms with Crippen molar-refractivity contribution in [2.24, 2.45) is 0 Å². The Labute approximate surface area is 192 Å². The Hall–Kier alpha value is -4.37. The Morgan fingerprint density at radius 3 is 2.61 bits per heavy atom. The molecule has 8 nitrogen and oxygen atoms in total. The van der Waals surface area contributed by atoms with Crippen LogP contribution in [0.2, 0.25) is 0 Å². The van der Waals surface area contributed by atoms with Crippen LogP contribution in [-0.2, 0) is 0 Å². The Morgan fingerprint density at radius 2 is 1.79 bits per heavy atom. The topological polar surface area (TPSA) is 102 Å². The predicted molar refractivity (Wildman–Crippen MR) is 128 cm³/mol. The highest BCUT2D eigenvalue weighted by atomic mass is 32.1.